The van der Waals surface area contributed by atoms with Gasteiger partial charge in [0.05, 0.1) is 17.5 Å². The van der Waals surface area contributed by atoms with Gasteiger partial charge in [0.25, 0.3) is 0 Å². The standard InChI is InChI=1S/C10H20BClO2/c1-6(2)9-10(7(3)4)14-11(13-9)8(5)12/h6-10H,1-5H3/t8-,9-,10-/m1/s1. The van der Waals surface area contributed by atoms with Crippen LogP contribution in [-0.4, -0.2) is 24.6 Å². The zero-order valence-electron chi connectivity index (χ0n) is 9.66. The third kappa shape index (κ3) is 2.65. The van der Waals surface area contributed by atoms with E-state index in [0.29, 0.717) is 11.8 Å². The lowest BCUT2D eigenvalue weighted by Gasteiger charge is -2.24. The van der Waals surface area contributed by atoms with Crippen LogP contribution in [-0.2, 0) is 9.31 Å². The van der Waals surface area contributed by atoms with Gasteiger partial charge in [-0.25, -0.2) is 0 Å². The van der Waals surface area contributed by atoms with Gasteiger partial charge in [0.15, 0.2) is 0 Å². The van der Waals surface area contributed by atoms with Gasteiger partial charge in [0.2, 0.25) is 0 Å². The number of alkyl halides is 1. The minimum Gasteiger partial charge on any atom is -0.404 e. The van der Waals surface area contributed by atoms with Crippen LogP contribution in [0.2, 0.25) is 0 Å². The topological polar surface area (TPSA) is 18.5 Å². The van der Waals surface area contributed by atoms with Crippen LogP contribution in [0.25, 0.3) is 0 Å². The van der Waals surface area contributed by atoms with Gasteiger partial charge in [-0.05, 0) is 11.8 Å². The van der Waals surface area contributed by atoms with E-state index in [2.05, 4.69) is 27.7 Å². The minimum absolute atomic E-state index is 0.0833. The lowest BCUT2D eigenvalue weighted by atomic mass is 9.86. The van der Waals surface area contributed by atoms with Gasteiger partial charge < -0.3 is 9.31 Å². The second kappa shape index (κ2) is 4.87. The van der Waals surface area contributed by atoms with Crippen molar-refractivity contribution >= 4 is 18.7 Å². The monoisotopic (exact) mass is 218 g/mol. The van der Waals surface area contributed by atoms with Crippen molar-refractivity contribution in [1.29, 1.82) is 0 Å². The Morgan fingerprint density at radius 2 is 1.29 bits per heavy atom. The molecule has 0 N–H and O–H groups in total. The van der Waals surface area contributed by atoms with E-state index in [1.807, 2.05) is 6.92 Å². The highest BCUT2D eigenvalue weighted by Gasteiger charge is 2.44. The maximum atomic E-state index is 5.97. The van der Waals surface area contributed by atoms with E-state index in [-0.39, 0.29) is 24.6 Å². The highest BCUT2D eigenvalue weighted by Crippen LogP contribution is 2.29. The molecule has 4 heteroatoms. The molecule has 1 aliphatic rings. The SMILES string of the molecule is CC(C)[C@H]1OB([C@@H](C)Cl)O[C@@H]1C(C)C. The zero-order chi connectivity index (χ0) is 10.9. The molecule has 1 heterocycles. The van der Waals surface area contributed by atoms with Crippen LogP contribution in [0, 0.1) is 11.8 Å². The lowest BCUT2D eigenvalue weighted by Crippen LogP contribution is -2.31. The molecule has 0 bridgehead atoms. The molecule has 3 atom stereocenters. The molecule has 0 spiro atoms. The van der Waals surface area contributed by atoms with Crippen molar-refractivity contribution in [2.45, 2.75) is 52.1 Å². The zero-order valence-corrected chi connectivity index (χ0v) is 10.4. The van der Waals surface area contributed by atoms with Crippen LogP contribution in [0.5, 0.6) is 0 Å². The Kier molecular flexibility index (Phi) is 4.29. The summed E-state index contributed by atoms with van der Waals surface area (Å²) in [6.07, 6.45) is 0.363. The van der Waals surface area contributed by atoms with Crippen molar-refractivity contribution in [3.63, 3.8) is 0 Å². The summed E-state index contributed by atoms with van der Waals surface area (Å²) in [5.41, 5.74) is 0. The molecule has 0 aromatic rings. The Hall–Kier alpha value is 0.275. The minimum atomic E-state index is -0.239. The molecule has 0 aliphatic carbocycles. The van der Waals surface area contributed by atoms with Gasteiger partial charge in [-0.3, -0.25) is 0 Å². The molecule has 0 aromatic heterocycles. The first-order valence-corrected chi connectivity index (χ1v) is 5.82. The van der Waals surface area contributed by atoms with Gasteiger partial charge in [-0.1, -0.05) is 34.6 Å². The van der Waals surface area contributed by atoms with Gasteiger partial charge in [0, 0.05) is 0 Å². The molecule has 0 saturated carbocycles. The molecule has 0 amide bonds. The second-order valence-corrected chi connectivity index (χ2v) is 5.42. The number of halogens is 1. The van der Waals surface area contributed by atoms with Crippen molar-refractivity contribution in [2.75, 3.05) is 0 Å². The number of rotatable bonds is 3. The summed E-state index contributed by atoms with van der Waals surface area (Å²) >= 11 is 5.97. The van der Waals surface area contributed by atoms with Crippen LogP contribution in [0.4, 0.5) is 0 Å². The molecular formula is C10H20BClO2. The molecule has 1 aliphatic heterocycles. The fourth-order valence-electron chi connectivity index (χ4n) is 1.79. The summed E-state index contributed by atoms with van der Waals surface area (Å²) in [6.45, 7) is 10.5. The molecule has 0 radical (unpaired) electrons. The van der Waals surface area contributed by atoms with E-state index in [1.54, 1.807) is 0 Å². The average molecular weight is 219 g/mol. The van der Waals surface area contributed by atoms with Gasteiger partial charge in [0.1, 0.15) is 0 Å². The van der Waals surface area contributed by atoms with E-state index < -0.39 is 0 Å². The largest absolute Gasteiger partial charge is 0.476 e. The molecule has 0 unspecified atom stereocenters. The fraction of sp³-hybridized carbons (Fsp3) is 1.00. The first-order chi connectivity index (χ1) is 6.43. The summed E-state index contributed by atoms with van der Waals surface area (Å²) in [5, 5.41) is -0.0833. The van der Waals surface area contributed by atoms with Gasteiger partial charge in [-0.15, -0.1) is 11.6 Å². The van der Waals surface area contributed by atoms with Crippen LogP contribution in [0.1, 0.15) is 34.6 Å². The third-order valence-corrected chi connectivity index (χ3v) is 2.80. The Morgan fingerprint density at radius 1 is 0.929 bits per heavy atom. The smallest absolute Gasteiger partial charge is 0.404 e. The highest BCUT2D eigenvalue weighted by molar-refractivity contribution is 6.59. The second-order valence-electron chi connectivity index (χ2n) is 4.74. The summed E-state index contributed by atoms with van der Waals surface area (Å²) in [5.74, 6) is 0.950. The predicted octanol–water partition coefficient (Wildman–Crippen LogP) is 2.74. The van der Waals surface area contributed by atoms with Crippen LogP contribution in [0.15, 0.2) is 0 Å². The van der Waals surface area contributed by atoms with E-state index in [4.69, 9.17) is 20.9 Å². The molecular weight excluding hydrogens is 198 g/mol. The Morgan fingerprint density at radius 3 is 1.50 bits per heavy atom. The predicted molar refractivity (Wildman–Crippen MR) is 60.5 cm³/mol. The molecule has 1 rings (SSSR count). The van der Waals surface area contributed by atoms with Gasteiger partial charge >= 0.3 is 7.12 Å². The third-order valence-electron chi connectivity index (χ3n) is 2.60. The fourth-order valence-corrected chi connectivity index (χ4v) is 1.90. The molecule has 2 nitrogen and oxygen atoms in total. The number of hydrogen-bond donors (Lipinski definition) is 0. The molecule has 14 heavy (non-hydrogen) atoms. The molecule has 1 fully saturated rings. The number of hydrogen-bond acceptors (Lipinski definition) is 2. The van der Waals surface area contributed by atoms with Crippen molar-refractivity contribution in [2.24, 2.45) is 11.8 Å². The van der Waals surface area contributed by atoms with Crippen molar-refractivity contribution in [3.8, 4) is 0 Å². The van der Waals surface area contributed by atoms with Crippen molar-refractivity contribution in [1.82, 2.24) is 0 Å². The average Bonchev–Trinajstić information content (AvgIpc) is 2.47. The summed E-state index contributed by atoms with van der Waals surface area (Å²) in [7, 11) is -0.239. The molecule has 1 saturated heterocycles. The maximum absolute atomic E-state index is 5.97. The first-order valence-electron chi connectivity index (χ1n) is 5.38. The van der Waals surface area contributed by atoms with Crippen LogP contribution in [0.3, 0.4) is 0 Å². The lowest BCUT2D eigenvalue weighted by molar-refractivity contribution is 0.0815. The van der Waals surface area contributed by atoms with Crippen molar-refractivity contribution < 1.29 is 9.31 Å². The van der Waals surface area contributed by atoms with E-state index in [0.717, 1.165) is 0 Å². The summed E-state index contributed by atoms with van der Waals surface area (Å²) < 4.78 is 11.6. The normalized spacial score (nSPS) is 30.4. The summed E-state index contributed by atoms with van der Waals surface area (Å²) in [4.78, 5) is 0. The Balaban J connectivity index is 2.65. The Bertz CT molecular complexity index is 169. The highest BCUT2D eigenvalue weighted by atomic mass is 35.5. The van der Waals surface area contributed by atoms with E-state index in [1.165, 1.54) is 0 Å². The van der Waals surface area contributed by atoms with Crippen molar-refractivity contribution in [3.05, 3.63) is 0 Å². The Labute approximate surface area is 92.4 Å². The quantitative estimate of drug-likeness (QED) is 0.536. The molecule has 0 aromatic carbocycles. The van der Waals surface area contributed by atoms with Gasteiger partial charge in [-0.2, -0.15) is 0 Å². The van der Waals surface area contributed by atoms with Crippen LogP contribution >= 0.6 is 11.6 Å². The van der Waals surface area contributed by atoms with E-state index in [9.17, 15) is 0 Å². The summed E-state index contributed by atoms with van der Waals surface area (Å²) in [6, 6.07) is 0. The van der Waals surface area contributed by atoms with E-state index >= 15 is 0 Å². The maximum Gasteiger partial charge on any atom is 0.476 e. The van der Waals surface area contributed by atoms with Crippen LogP contribution < -0.4 is 0 Å². The first kappa shape index (κ1) is 12.3. The molecule has 82 valence electrons.